The van der Waals surface area contributed by atoms with Crippen LogP contribution < -0.4 is 0 Å². The van der Waals surface area contributed by atoms with Gasteiger partial charge in [0.25, 0.3) is 0 Å². The minimum absolute atomic E-state index is 0.265. The van der Waals surface area contributed by atoms with Gasteiger partial charge in [0.2, 0.25) is 0 Å². The Morgan fingerprint density at radius 1 is 1.03 bits per heavy atom. The van der Waals surface area contributed by atoms with Crippen LogP contribution in [0.25, 0.3) is 0 Å². The zero-order valence-electron chi connectivity index (χ0n) is 18.2. The van der Waals surface area contributed by atoms with Gasteiger partial charge in [-0.1, -0.05) is 35.9 Å². The monoisotopic (exact) mass is 402 g/mol. The van der Waals surface area contributed by atoms with Gasteiger partial charge >= 0.3 is 0 Å². The average molecular weight is 403 g/mol. The van der Waals surface area contributed by atoms with E-state index in [1.165, 1.54) is 67.6 Å². The summed E-state index contributed by atoms with van der Waals surface area (Å²) in [6.07, 6.45) is 6.52. The summed E-state index contributed by atoms with van der Waals surface area (Å²) >= 11 is 0. The van der Waals surface area contributed by atoms with Crippen molar-refractivity contribution < 1.29 is 5.11 Å². The third kappa shape index (κ3) is 3.18. The van der Waals surface area contributed by atoms with Crippen molar-refractivity contribution in [2.45, 2.75) is 57.0 Å². The molecule has 3 atom stereocenters. The molecule has 3 nitrogen and oxygen atoms in total. The van der Waals surface area contributed by atoms with Crippen LogP contribution in [0, 0.1) is 18.8 Å². The maximum Gasteiger partial charge on any atom is 0.115 e. The number of likely N-dealkylation sites (tertiary alicyclic amines) is 2. The summed E-state index contributed by atoms with van der Waals surface area (Å²) in [5.74, 6) is 2.08. The molecule has 2 bridgehead atoms. The van der Waals surface area contributed by atoms with E-state index in [2.05, 4.69) is 53.1 Å². The lowest BCUT2D eigenvalue weighted by Gasteiger charge is -2.60. The largest absolute Gasteiger partial charge is 0.508 e. The summed E-state index contributed by atoms with van der Waals surface area (Å²) in [4.78, 5) is 5.56. The molecule has 6 rings (SSSR count). The lowest BCUT2D eigenvalue weighted by Crippen LogP contribution is -2.65. The van der Waals surface area contributed by atoms with E-state index in [-0.39, 0.29) is 5.41 Å². The predicted octanol–water partition coefficient (Wildman–Crippen LogP) is 4.50. The highest BCUT2D eigenvalue weighted by Crippen LogP contribution is 2.54. The number of hydrogen-bond donors (Lipinski definition) is 1. The van der Waals surface area contributed by atoms with Crippen LogP contribution in [-0.2, 0) is 18.4 Å². The zero-order valence-corrected chi connectivity index (χ0v) is 18.2. The molecule has 2 aromatic rings. The van der Waals surface area contributed by atoms with E-state index in [0.717, 1.165) is 25.4 Å². The third-order valence-corrected chi connectivity index (χ3v) is 8.59. The van der Waals surface area contributed by atoms with Gasteiger partial charge in [-0.2, -0.15) is 0 Å². The minimum Gasteiger partial charge on any atom is -0.508 e. The molecule has 4 aliphatic rings. The van der Waals surface area contributed by atoms with Gasteiger partial charge in [0.05, 0.1) is 0 Å². The highest BCUT2D eigenvalue weighted by Gasteiger charge is 2.55. The maximum absolute atomic E-state index is 10.3. The first-order chi connectivity index (χ1) is 14.6. The molecule has 0 spiro atoms. The fourth-order valence-corrected chi connectivity index (χ4v) is 6.78. The summed E-state index contributed by atoms with van der Waals surface area (Å²) in [7, 11) is 0. The standard InChI is InChI=1S/C27H34N2O/c1-19-2-4-20(5-3-19)16-28-12-10-27-11-13-29(17-21-6-7-21)26(25(27)18-28)14-22-8-9-23(30)15-24(22)27/h2-5,8-9,15,21,25-26,30H,6-7,10-14,16-18H2,1H3/t25-,26+,27-/m0/s1. The van der Waals surface area contributed by atoms with E-state index in [9.17, 15) is 5.11 Å². The second kappa shape index (κ2) is 7.10. The first kappa shape index (κ1) is 18.9. The van der Waals surface area contributed by atoms with Crippen LogP contribution in [0.3, 0.4) is 0 Å². The quantitative estimate of drug-likeness (QED) is 0.816. The number of piperidine rings is 2. The summed E-state index contributed by atoms with van der Waals surface area (Å²) in [6, 6.07) is 16.0. The Morgan fingerprint density at radius 2 is 1.83 bits per heavy atom. The summed E-state index contributed by atoms with van der Waals surface area (Å²) in [5, 5.41) is 10.3. The van der Waals surface area contributed by atoms with Crippen molar-refractivity contribution >= 4 is 0 Å². The number of phenols is 1. The van der Waals surface area contributed by atoms with Crippen LogP contribution in [0.1, 0.15) is 47.9 Å². The molecular weight excluding hydrogens is 368 g/mol. The van der Waals surface area contributed by atoms with Gasteiger partial charge in [0.15, 0.2) is 0 Å². The molecule has 0 unspecified atom stereocenters. The molecule has 158 valence electrons. The fraction of sp³-hybridized carbons (Fsp3) is 0.556. The van der Waals surface area contributed by atoms with E-state index in [0.29, 0.717) is 17.7 Å². The van der Waals surface area contributed by atoms with E-state index >= 15 is 0 Å². The Kier molecular flexibility index (Phi) is 4.47. The number of rotatable bonds is 4. The topological polar surface area (TPSA) is 26.7 Å². The van der Waals surface area contributed by atoms with Crippen LogP contribution >= 0.6 is 0 Å². The smallest absolute Gasteiger partial charge is 0.115 e. The number of aryl methyl sites for hydroxylation is 1. The zero-order chi connectivity index (χ0) is 20.3. The van der Waals surface area contributed by atoms with Crippen molar-refractivity contribution in [2.24, 2.45) is 11.8 Å². The first-order valence-electron chi connectivity index (χ1n) is 11.9. The van der Waals surface area contributed by atoms with Crippen molar-refractivity contribution in [3.63, 3.8) is 0 Å². The van der Waals surface area contributed by atoms with Crippen molar-refractivity contribution in [3.8, 4) is 5.75 Å². The molecule has 2 aliphatic carbocycles. The Balaban J connectivity index is 1.32. The lowest BCUT2D eigenvalue weighted by molar-refractivity contribution is -0.0415. The van der Waals surface area contributed by atoms with Crippen LogP contribution in [0.2, 0.25) is 0 Å². The van der Waals surface area contributed by atoms with Gasteiger partial charge in [0, 0.05) is 31.1 Å². The SMILES string of the molecule is Cc1ccc(CN2CC[C@]34CCN(CC5CC5)[C@H](Cc5ccc(O)cc53)[C@@H]4C2)cc1. The normalized spacial score (nSPS) is 31.2. The number of aromatic hydroxyl groups is 1. The average Bonchev–Trinajstić information content (AvgIpc) is 3.56. The fourth-order valence-electron chi connectivity index (χ4n) is 6.78. The van der Waals surface area contributed by atoms with Crippen molar-refractivity contribution in [2.75, 3.05) is 26.2 Å². The molecule has 0 aromatic heterocycles. The van der Waals surface area contributed by atoms with Crippen molar-refractivity contribution in [3.05, 3.63) is 64.7 Å². The van der Waals surface area contributed by atoms with Gasteiger partial charge in [-0.3, -0.25) is 9.80 Å². The molecule has 0 amide bonds. The Labute approximate surface area is 180 Å². The summed E-state index contributed by atoms with van der Waals surface area (Å²) < 4.78 is 0. The molecule has 30 heavy (non-hydrogen) atoms. The van der Waals surface area contributed by atoms with Gasteiger partial charge < -0.3 is 5.11 Å². The van der Waals surface area contributed by atoms with E-state index in [1.807, 2.05) is 6.07 Å². The molecule has 2 aliphatic heterocycles. The highest BCUT2D eigenvalue weighted by atomic mass is 16.3. The summed E-state index contributed by atoms with van der Waals surface area (Å²) in [5.41, 5.74) is 6.02. The van der Waals surface area contributed by atoms with Gasteiger partial charge in [0.1, 0.15) is 5.75 Å². The van der Waals surface area contributed by atoms with Crippen molar-refractivity contribution in [1.82, 2.24) is 9.80 Å². The minimum atomic E-state index is 0.265. The molecule has 0 radical (unpaired) electrons. The maximum atomic E-state index is 10.3. The van der Waals surface area contributed by atoms with Gasteiger partial charge in [-0.15, -0.1) is 0 Å². The third-order valence-electron chi connectivity index (χ3n) is 8.59. The van der Waals surface area contributed by atoms with E-state index in [1.54, 1.807) is 0 Å². The lowest BCUT2D eigenvalue weighted by atomic mass is 9.54. The molecule has 3 heteroatoms. The second-order valence-electron chi connectivity index (χ2n) is 10.5. The van der Waals surface area contributed by atoms with Gasteiger partial charge in [-0.05, 0) is 92.8 Å². The number of fused-ring (bicyclic) bond motifs is 1. The Hall–Kier alpha value is -1.84. The van der Waals surface area contributed by atoms with Crippen LogP contribution in [0.5, 0.6) is 5.75 Å². The van der Waals surface area contributed by atoms with E-state index < -0.39 is 0 Å². The predicted molar refractivity (Wildman–Crippen MR) is 121 cm³/mol. The molecule has 2 heterocycles. The molecule has 2 aromatic carbocycles. The number of nitrogens with zero attached hydrogens (tertiary/aromatic N) is 2. The van der Waals surface area contributed by atoms with Gasteiger partial charge in [-0.25, -0.2) is 0 Å². The second-order valence-corrected chi connectivity index (χ2v) is 10.5. The molecular formula is C27H34N2O. The number of phenolic OH excluding ortho intramolecular Hbond substituents is 1. The number of benzene rings is 2. The molecule has 1 saturated carbocycles. The van der Waals surface area contributed by atoms with Crippen molar-refractivity contribution in [1.29, 1.82) is 0 Å². The van der Waals surface area contributed by atoms with E-state index in [4.69, 9.17) is 0 Å². The van der Waals surface area contributed by atoms with Crippen LogP contribution in [0.15, 0.2) is 42.5 Å². The first-order valence-corrected chi connectivity index (χ1v) is 11.9. The van der Waals surface area contributed by atoms with Crippen LogP contribution in [0.4, 0.5) is 0 Å². The Morgan fingerprint density at radius 3 is 2.63 bits per heavy atom. The highest BCUT2D eigenvalue weighted by molar-refractivity contribution is 5.45. The molecule has 2 saturated heterocycles. The van der Waals surface area contributed by atoms with Crippen LogP contribution in [-0.4, -0.2) is 47.1 Å². The summed E-state index contributed by atoms with van der Waals surface area (Å²) in [6.45, 7) is 8.13. The Bertz CT molecular complexity index is 934. The number of hydrogen-bond acceptors (Lipinski definition) is 3. The molecule has 3 fully saturated rings. The molecule has 1 N–H and O–H groups in total.